The molecule has 2 rings (SSSR count). The van der Waals surface area contributed by atoms with E-state index in [0.29, 0.717) is 0 Å². The van der Waals surface area contributed by atoms with Gasteiger partial charge in [0.05, 0.1) is 10.8 Å². The predicted octanol–water partition coefficient (Wildman–Crippen LogP) is 3.56. The van der Waals surface area contributed by atoms with Gasteiger partial charge in [-0.2, -0.15) is 0 Å². The summed E-state index contributed by atoms with van der Waals surface area (Å²) in [6.07, 6.45) is 3.69. The minimum absolute atomic E-state index is 0.858. The van der Waals surface area contributed by atoms with E-state index in [2.05, 4.69) is 0 Å². The second-order valence-corrected chi connectivity index (χ2v) is 5.09. The van der Waals surface area contributed by atoms with E-state index in [1.54, 1.807) is 6.26 Å². The Morgan fingerprint density at radius 2 is 1.47 bits per heavy atom. The van der Waals surface area contributed by atoms with Crippen LogP contribution >= 0.6 is 0 Å². The van der Waals surface area contributed by atoms with Crippen molar-refractivity contribution in [3.8, 4) is 0 Å². The second kappa shape index (κ2) is 5.60. The SMILES string of the molecule is CS(=O)/C(=C\c1ccccc1)c1ccccc1. The molecule has 1 atom stereocenters. The van der Waals surface area contributed by atoms with Crippen LogP contribution in [0.15, 0.2) is 60.7 Å². The van der Waals surface area contributed by atoms with Crippen molar-refractivity contribution in [2.45, 2.75) is 0 Å². The average molecular weight is 242 g/mol. The van der Waals surface area contributed by atoms with Crippen LogP contribution in [0.3, 0.4) is 0 Å². The number of hydrogen-bond donors (Lipinski definition) is 0. The van der Waals surface area contributed by atoms with Gasteiger partial charge < -0.3 is 0 Å². The van der Waals surface area contributed by atoms with Crippen molar-refractivity contribution in [1.29, 1.82) is 0 Å². The highest BCUT2D eigenvalue weighted by molar-refractivity contribution is 7.94. The molecule has 0 spiro atoms. The lowest BCUT2D eigenvalue weighted by Crippen LogP contribution is -1.91. The van der Waals surface area contributed by atoms with E-state index in [1.165, 1.54) is 0 Å². The van der Waals surface area contributed by atoms with Crippen LogP contribution in [0, 0.1) is 0 Å². The van der Waals surface area contributed by atoms with Gasteiger partial charge >= 0.3 is 0 Å². The van der Waals surface area contributed by atoms with Gasteiger partial charge in [0.25, 0.3) is 0 Å². The van der Waals surface area contributed by atoms with Crippen molar-refractivity contribution in [1.82, 2.24) is 0 Å². The molecule has 0 saturated carbocycles. The zero-order valence-corrected chi connectivity index (χ0v) is 10.5. The maximum atomic E-state index is 11.8. The summed E-state index contributed by atoms with van der Waals surface area (Å²) < 4.78 is 11.8. The molecule has 1 nitrogen and oxygen atoms in total. The maximum absolute atomic E-state index is 11.8. The molecule has 0 aliphatic rings. The fourth-order valence-corrected chi connectivity index (χ4v) is 2.41. The molecule has 0 N–H and O–H groups in total. The smallest absolute Gasteiger partial charge is 0.0504 e. The molecule has 2 aromatic rings. The average Bonchev–Trinajstić information content (AvgIpc) is 2.38. The normalized spacial score (nSPS) is 13.4. The zero-order valence-electron chi connectivity index (χ0n) is 9.67. The Morgan fingerprint density at radius 1 is 0.941 bits per heavy atom. The minimum Gasteiger partial charge on any atom is -0.255 e. The summed E-state index contributed by atoms with van der Waals surface area (Å²) in [5.74, 6) is 0. The molecule has 0 bridgehead atoms. The zero-order chi connectivity index (χ0) is 12.1. The van der Waals surface area contributed by atoms with Crippen LogP contribution in [0.25, 0.3) is 11.0 Å². The third-order valence-electron chi connectivity index (χ3n) is 2.47. The highest BCUT2D eigenvalue weighted by Gasteiger charge is 2.05. The minimum atomic E-state index is -0.994. The van der Waals surface area contributed by atoms with Gasteiger partial charge in [-0.05, 0) is 17.2 Å². The van der Waals surface area contributed by atoms with E-state index in [4.69, 9.17) is 0 Å². The number of rotatable bonds is 3. The van der Waals surface area contributed by atoms with E-state index in [-0.39, 0.29) is 0 Å². The third-order valence-corrected chi connectivity index (χ3v) is 3.44. The summed E-state index contributed by atoms with van der Waals surface area (Å²) in [5, 5.41) is 0. The molecule has 2 heteroatoms. The lowest BCUT2D eigenvalue weighted by Gasteiger charge is -2.04. The lowest BCUT2D eigenvalue weighted by molar-refractivity contribution is 0.692. The van der Waals surface area contributed by atoms with Gasteiger partial charge in [0.15, 0.2) is 0 Å². The van der Waals surface area contributed by atoms with Gasteiger partial charge in [-0.3, -0.25) is 4.21 Å². The Bertz CT molecular complexity index is 529. The first-order valence-corrected chi connectivity index (χ1v) is 6.99. The molecular formula is C15H14OS. The molecule has 0 aliphatic heterocycles. The van der Waals surface area contributed by atoms with Crippen LogP contribution in [0.5, 0.6) is 0 Å². The van der Waals surface area contributed by atoms with E-state index in [0.717, 1.165) is 16.0 Å². The Morgan fingerprint density at radius 3 is 2.00 bits per heavy atom. The van der Waals surface area contributed by atoms with Crippen LogP contribution in [0.1, 0.15) is 11.1 Å². The summed E-state index contributed by atoms with van der Waals surface area (Å²) >= 11 is 0. The monoisotopic (exact) mass is 242 g/mol. The molecule has 2 aromatic carbocycles. The first kappa shape index (κ1) is 11.8. The molecule has 0 heterocycles. The second-order valence-electron chi connectivity index (χ2n) is 3.74. The Balaban J connectivity index is 2.44. The Kier molecular flexibility index (Phi) is 3.89. The van der Waals surface area contributed by atoms with Crippen LogP contribution in [-0.2, 0) is 10.8 Å². The van der Waals surface area contributed by atoms with E-state index >= 15 is 0 Å². The van der Waals surface area contributed by atoms with Gasteiger partial charge in [-0.15, -0.1) is 0 Å². The number of hydrogen-bond acceptors (Lipinski definition) is 1. The molecule has 0 aliphatic carbocycles. The Hall–Kier alpha value is -1.67. The highest BCUT2D eigenvalue weighted by Crippen LogP contribution is 2.20. The van der Waals surface area contributed by atoms with E-state index in [9.17, 15) is 4.21 Å². The quantitative estimate of drug-likeness (QED) is 0.752. The lowest BCUT2D eigenvalue weighted by atomic mass is 10.1. The topological polar surface area (TPSA) is 17.1 Å². The van der Waals surface area contributed by atoms with E-state index < -0.39 is 10.8 Å². The Labute approximate surface area is 104 Å². The van der Waals surface area contributed by atoms with Crippen molar-refractivity contribution in [2.75, 3.05) is 6.26 Å². The predicted molar refractivity (Wildman–Crippen MR) is 74.8 cm³/mol. The first-order valence-electron chi connectivity index (χ1n) is 5.43. The van der Waals surface area contributed by atoms with Gasteiger partial charge in [-0.25, -0.2) is 0 Å². The third kappa shape index (κ3) is 3.14. The molecule has 0 aromatic heterocycles. The van der Waals surface area contributed by atoms with E-state index in [1.807, 2.05) is 66.7 Å². The van der Waals surface area contributed by atoms with Crippen LogP contribution in [0.4, 0.5) is 0 Å². The molecule has 0 amide bonds. The summed E-state index contributed by atoms with van der Waals surface area (Å²) in [7, 11) is -0.994. The van der Waals surface area contributed by atoms with Crippen molar-refractivity contribution in [2.24, 2.45) is 0 Å². The summed E-state index contributed by atoms with van der Waals surface area (Å²) in [6, 6.07) is 19.8. The largest absolute Gasteiger partial charge is 0.255 e. The van der Waals surface area contributed by atoms with Crippen LogP contribution in [-0.4, -0.2) is 10.5 Å². The van der Waals surface area contributed by atoms with Crippen LogP contribution < -0.4 is 0 Å². The maximum Gasteiger partial charge on any atom is 0.0504 e. The molecule has 17 heavy (non-hydrogen) atoms. The standard InChI is InChI=1S/C15H14OS/c1-17(16)15(14-10-6-3-7-11-14)12-13-8-4-2-5-9-13/h2-12H,1H3/b15-12-. The molecule has 0 fully saturated rings. The molecule has 1 unspecified atom stereocenters. The van der Waals surface area contributed by atoms with Gasteiger partial charge in [0, 0.05) is 11.2 Å². The van der Waals surface area contributed by atoms with Crippen molar-refractivity contribution in [3.05, 3.63) is 71.8 Å². The number of benzene rings is 2. The van der Waals surface area contributed by atoms with Gasteiger partial charge in [0.1, 0.15) is 0 Å². The highest BCUT2D eigenvalue weighted by atomic mass is 32.2. The molecule has 86 valence electrons. The fourth-order valence-electron chi connectivity index (χ4n) is 1.64. The van der Waals surface area contributed by atoms with Crippen LogP contribution in [0.2, 0.25) is 0 Å². The summed E-state index contributed by atoms with van der Waals surface area (Å²) in [4.78, 5) is 0.858. The van der Waals surface area contributed by atoms with Crippen molar-refractivity contribution < 1.29 is 4.21 Å². The fraction of sp³-hybridized carbons (Fsp3) is 0.0667. The summed E-state index contributed by atoms with van der Waals surface area (Å²) in [5.41, 5.74) is 2.08. The first-order chi connectivity index (χ1) is 8.27. The van der Waals surface area contributed by atoms with Crippen molar-refractivity contribution >= 4 is 21.8 Å². The van der Waals surface area contributed by atoms with Gasteiger partial charge in [0.2, 0.25) is 0 Å². The summed E-state index contributed by atoms with van der Waals surface area (Å²) in [6.45, 7) is 0. The molecule has 0 radical (unpaired) electrons. The molecule has 0 saturated heterocycles. The molecular weight excluding hydrogens is 228 g/mol. The van der Waals surface area contributed by atoms with Gasteiger partial charge in [-0.1, -0.05) is 60.7 Å². The van der Waals surface area contributed by atoms with Crippen molar-refractivity contribution in [3.63, 3.8) is 0 Å².